The van der Waals surface area contributed by atoms with Crippen LogP contribution in [0.2, 0.25) is 0 Å². The van der Waals surface area contributed by atoms with Gasteiger partial charge in [0.1, 0.15) is 0 Å². The molecule has 0 aromatic heterocycles. The minimum absolute atomic E-state index is 0.116. The molecule has 110 valence electrons. The van der Waals surface area contributed by atoms with Gasteiger partial charge in [0.05, 0.1) is 6.54 Å². The van der Waals surface area contributed by atoms with E-state index in [1.54, 1.807) is 0 Å². The van der Waals surface area contributed by atoms with E-state index in [0.29, 0.717) is 6.54 Å². The summed E-state index contributed by atoms with van der Waals surface area (Å²) in [5.74, 6) is 0.116. The summed E-state index contributed by atoms with van der Waals surface area (Å²) in [4.78, 5) is 16.5. The number of benzene rings is 1. The maximum Gasteiger partial charge on any atom is 0.234 e. The number of hydrogen-bond acceptors (Lipinski definition) is 3. The van der Waals surface area contributed by atoms with Gasteiger partial charge in [-0.3, -0.25) is 9.69 Å². The third kappa shape index (κ3) is 4.53. The molecule has 1 aromatic carbocycles. The highest BCUT2D eigenvalue weighted by atomic mass is 16.2. The number of amides is 1. The van der Waals surface area contributed by atoms with Crippen LogP contribution >= 0.6 is 0 Å². The van der Waals surface area contributed by atoms with Crippen molar-refractivity contribution >= 4 is 11.6 Å². The molecule has 20 heavy (non-hydrogen) atoms. The summed E-state index contributed by atoms with van der Waals surface area (Å²) >= 11 is 0. The minimum Gasteiger partial charge on any atom is -0.369 e. The number of carbonyl (C=O) groups excluding carboxylic acids is 1. The van der Waals surface area contributed by atoms with Crippen LogP contribution in [0, 0.1) is 0 Å². The lowest BCUT2D eigenvalue weighted by Gasteiger charge is -2.36. The Balaban J connectivity index is 1.79. The Morgan fingerprint density at radius 3 is 2.25 bits per heavy atom. The average molecular weight is 275 g/mol. The number of nitrogens with one attached hydrogen (secondary N) is 1. The maximum absolute atomic E-state index is 11.9. The molecule has 1 saturated heterocycles. The SMILES string of the molecule is CC(C)(C)NC(=O)CN1CCN(c2ccccc2)CC1. The molecule has 1 aliphatic heterocycles. The fourth-order valence-electron chi connectivity index (χ4n) is 2.46. The molecule has 0 atom stereocenters. The van der Waals surface area contributed by atoms with Crippen molar-refractivity contribution in [3.63, 3.8) is 0 Å². The van der Waals surface area contributed by atoms with Gasteiger partial charge in [-0.25, -0.2) is 0 Å². The molecule has 0 bridgehead atoms. The van der Waals surface area contributed by atoms with Crippen molar-refractivity contribution in [1.82, 2.24) is 10.2 Å². The second kappa shape index (κ2) is 6.27. The standard InChI is InChI=1S/C16H25N3O/c1-16(2,3)17-15(20)13-18-9-11-19(12-10-18)14-7-5-4-6-8-14/h4-8H,9-13H2,1-3H3,(H,17,20). The predicted molar refractivity (Wildman–Crippen MR) is 83.0 cm³/mol. The summed E-state index contributed by atoms with van der Waals surface area (Å²) in [6.07, 6.45) is 0. The Morgan fingerprint density at radius 2 is 1.70 bits per heavy atom. The predicted octanol–water partition coefficient (Wildman–Crippen LogP) is 1.72. The van der Waals surface area contributed by atoms with Gasteiger partial charge in [-0.2, -0.15) is 0 Å². The van der Waals surface area contributed by atoms with Crippen LogP contribution in [0.25, 0.3) is 0 Å². The van der Waals surface area contributed by atoms with Crippen LogP contribution in [0.15, 0.2) is 30.3 Å². The van der Waals surface area contributed by atoms with Gasteiger partial charge in [0.25, 0.3) is 0 Å². The number of rotatable bonds is 3. The molecule has 4 heteroatoms. The fourth-order valence-corrected chi connectivity index (χ4v) is 2.46. The van der Waals surface area contributed by atoms with Crippen molar-refractivity contribution in [1.29, 1.82) is 0 Å². The second-order valence-electron chi connectivity index (χ2n) is 6.40. The van der Waals surface area contributed by atoms with E-state index in [-0.39, 0.29) is 11.4 Å². The molecule has 4 nitrogen and oxygen atoms in total. The molecule has 1 N–H and O–H groups in total. The summed E-state index contributed by atoms with van der Waals surface area (Å²) in [5, 5.41) is 3.02. The van der Waals surface area contributed by atoms with Gasteiger partial charge in [-0.05, 0) is 32.9 Å². The van der Waals surface area contributed by atoms with E-state index in [0.717, 1.165) is 26.2 Å². The first-order chi connectivity index (χ1) is 9.44. The Hall–Kier alpha value is -1.55. The summed E-state index contributed by atoms with van der Waals surface area (Å²) in [6, 6.07) is 10.5. The van der Waals surface area contributed by atoms with Crippen molar-refractivity contribution in [2.75, 3.05) is 37.6 Å². The van der Waals surface area contributed by atoms with Crippen molar-refractivity contribution in [3.8, 4) is 0 Å². The molecule has 0 unspecified atom stereocenters. The summed E-state index contributed by atoms with van der Waals surface area (Å²) in [6.45, 7) is 10.4. The van der Waals surface area contributed by atoms with Gasteiger partial charge in [0.2, 0.25) is 5.91 Å². The van der Waals surface area contributed by atoms with Crippen LogP contribution in [-0.2, 0) is 4.79 Å². The lowest BCUT2D eigenvalue weighted by molar-refractivity contribution is -0.123. The van der Waals surface area contributed by atoms with E-state index in [2.05, 4.69) is 39.4 Å². The first kappa shape index (κ1) is 14.9. The highest BCUT2D eigenvalue weighted by molar-refractivity contribution is 5.78. The number of para-hydroxylation sites is 1. The lowest BCUT2D eigenvalue weighted by Crippen LogP contribution is -2.51. The monoisotopic (exact) mass is 275 g/mol. The molecular formula is C16H25N3O. The summed E-state index contributed by atoms with van der Waals surface area (Å²) in [5.41, 5.74) is 1.12. The highest BCUT2D eigenvalue weighted by Gasteiger charge is 2.21. The zero-order valence-corrected chi connectivity index (χ0v) is 12.7. The average Bonchev–Trinajstić information content (AvgIpc) is 2.38. The third-order valence-corrected chi connectivity index (χ3v) is 3.38. The second-order valence-corrected chi connectivity index (χ2v) is 6.40. The summed E-state index contributed by atoms with van der Waals surface area (Å²) in [7, 11) is 0. The van der Waals surface area contributed by atoms with Gasteiger partial charge in [-0.1, -0.05) is 18.2 Å². The largest absolute Gasteiger partial charge is 0.369 e. The smallest absolute Gasteiger partial charge is 0.234 e. The zero-order chi connectivity index (χ0) is 14.6. The topological polar surface area (TPSA) is 35.6 Å². The molecule has 1 amide bonds. The Bertz CT molecular complexity index is 431. The van der Waals surface area contributed by atoms with Crippen molar-refractivity contribution in [2.24, 2.45) is 0 Å². The number of anilines is 1. The van der Waals surface area contributed by atoms with Gasteiger partial charge >= 0.3 is 0 Å². The first-order valence-corrected chi connectivity index (χ1v) is 7.27. The third-order valence-electron chi connectivity index (χ3n) is 3.38. The number of hydrogen-bond donors (Lipinski definition) is 1. The Morgan fingerprint density at radius 1 is 1.10 bits per heavy atom. The molecule has 0 radical (unpaired) electrons. The minimum atomic E-state index is -0.150. The Labute approximate surface area is 121 Å². The molecular weight excluding hydrogens is 250 g/mol. The van der Waals surface area contributed by atoms with Crippen LogP contribution in [0.5, 0.6) is 0 Å². The molecule has 1 aliphatic rings. The molecule has 0 saturated carbocycles. The number of carbonyl (C=O) groups is 1. The van der Waals surface area contributed by atoms with Crippen molar-refractivity contribution in [2.45, 2.75) is 26.3 Å². The fraction of sp³-hybridized carbons (Fsp3) is 0.562. The molecule has 1 fully saturated rings. The molecule has 0 spiro atoms. The molecule has 1 aromatic rings. The van der Waals surface area contributed by atoms with E-state index in [1.165, 1.54) is 5.69 Å². The Kier molecular flexibility index (Phi) is 4.65. The summed E-state index contributed by atoms with van der Waals surface area (Å²) < 4.78 is 0. The first-order valence-electron chi connectivity index (χ1n) is 7.27. The lowest BCUT2D eigenvalue weighted by atomic mass is 10.1. The molecule has 1 heterocycles. The van der Waals surface area contributed by atoms with Gasteiger partial charge < -0.3 is 10.2 Å². The van der Waals surface area contributed by atoms with Gasteiger partial charge in [0, 0.05) is 37.4 Å². The van der Waals surface area contributed by atoms with Gasteiger partial charge in [0.15, 0.2) is 0 Å². The van der Waals surface area contributed by atoms with Crippen LogP contribution in [0.4, 0.5) is 5.69 Å². The van der Waals surface area contributed by atoms with Crippen LogP contribution < -0.4 is 10.2 Å². The maximum atomic E-state index is 11.9. The normalized spacial score (nSPS) is 17.1. The number of piperazine rings is 1. The molecule has 0 aliphatic carbocycles. The van der Waals surface area contributed by atoms with Crippen LogP contribution in [0.3, 0.4) is 0 Å². The van der Waals surface area contributed by atoms with E-state index in [1.807, 2.05) is 26.8 Å². The molecule has 2 rings (SSSR count). The van der Waals surface area contributed by atoms with Crippen molar-refractivity contribution < 1.29 is 4.79 Å². The quantitative estimate of drug-likeness (QED) is 0.912. The number of nitrogens with zero attached hydrogens (tertiary/aromatic N) is 2. The van der Waals surface area contributed by atoms with E-state index in [4.69, 9.17) is 0 Å². The van der Waals surface area contributed by atoms with Crippen LogP contribution in [0.1, 0.15) is 20.8 Å². The van der Waals surface area contributed by atoms with Crippen molar-refractivity contribution in [3.05, 3.63) is 30.3 Å². The van der Waals surface area contributed by atoms with E-state index in [9.17, 15) is 4.79 Å². The zero-order valence-electron chi connectivity index (χ0n) is 12.7. The van der Waals surface area contributed by atoms with Gasteiger partial charge in [-0.15, -0.1) is 0 Å². The van der Waals surface area contributed by atoms with E-state index < -0.39 is 0 Å². The van der Waals surface area contributed by atoms with E-state index >= 15 is 0 Å². The van der Waals surface area contributed by atoms with Crippen LogP contribution in [-0.4, -0.2) is 49.1 Å². The highest BCUT2D eigenvalue weighted by Crippen LogP contribution is 2.15.